The third kappa shape index (κ3) is 4.43. The smallest absolute Gasteiger partial charge is 0.254 e. The van der Waals surface area contributed by atoms with Crippen molar-refractivity contribution in [1.29, 1.82) is 0 Å². The first-order valence-electron chi connectivity index (χ1n) is 7.45. The number of carbonyl (C=O) groups is 2. The molecule has 0 unspecified atom stereocenters. The molecule has 0 spiro atoms. The zero-order chi connectivity index (χ0) is 17.4. The number of methoxy groups -OCH3 is 1. The molecule has 1 aromatic carbocycles. The predicted octanol–water partition coefficient (Wildman–Crippen LogP) is 2.42. The average Bonchev–Trinajstić information content (AvgIpc) is 2.64. The van der Waals surface area contributed by atoms with Crippen molar-refractivity contribution in [1.82, 2.24) is 9.88 Å². The van der Waals surface area contributed by atoms with E-state index >= 15 is 0 Å². The van der Waals surface area contributed by atoms with Gasteiger partial charge in [0.1, 0.15) is 5.69 Å². The van der Waals surface area contributed by atoms with E-state index in [-0.39, 0.29) is 5.91 Å². The molecule has 0 aliphatic heterocycles. The lowest BCUT2D eigenvalue weighted by Gasteiger charge is -2.16. The van der Waals surface area contributed by atoms with Gasteiger partial charge in [-0.15, -0.1) is 0 Å². The molecule has 5 heteroatoms. The number of ether oxygens (including phenoxy) is 1. The molecule has 0 radical (unpaired) electrons. The number of pyridine rings is 1. The van der Waals surface area contributed by atoms with Crippen molar-refractivity contribution < 1.29 is 14.3 Å². The van der Waals surface area contributed by atoms with E-state index in [0.29, 0.717) is 42.0 Å². The van der Waals surface area contributed by atoms with Crippen molar-refractivity contribution in [3.63, 3.8) is 0 Å². The van der Waals surface area contributed by atoms with Crippen LogP contribution in [0.4, 0.5) is 0 Å². The first-order chi connectivity index (χ1) is 11.7. The molecule has 24 heavy (non-hydrogen) atoms. The summed E-state index contributed by atoms with van der Waals surface area (Å²) in [5.74, 6) is 6.25. The molecule has 0 saturated carbocycles. The third-order valence-corrected chi connectivity index (χ3v) is 3.39. The van der Waals surface area contributed by atoms with E-state index < -0.39 is 0 Å². The molecule has 1 heterocycles. The summed E-state index contributed by atoms with van der Waals surface area (Å²) in [6, 6.07) is 12.1. The quantitative estimate of drug-likeness (QED) is 0.626. The van der Waals surface area contributed by atoms with Crippen LogP contribution in [0.15, 0.2) is 42.5 Å². The minimum absolute atomic E-state index is 0.195. The summed E-state index contributed by atoms with van der Waals surface area (Å²) in [6.45, 7) is 0.461. The number of benzene rings is 1. The van der Waals surface area contributed by atoms with Gasteiger partial charge in [-0.2, -0.15) is 0 Å². The lowest BCUT2D eigenvalue weighted by molar-refractivity contribution is 0.0795. The molecule has 1 amide bonds. The van der Waals surface area contributed by atoms with Crippen LogP contribution in [0, 0.1) is 11.8 Å². The zero-order valence-electron chi connectivity index (χ0n) is 13.7. The van der Waals surface area contributed by atoms with E-state index in [9.17, 15) is 9.59 Å². The van der Waals surface area contributed by atoms with Gasteiger partial charge in [-0.3, -0.25) is 9.59 Å². The molecule has 0 bridgehead atoms. The minimum atomic E-state index is -0.195. The summed E-state index contributed by atoms with van der Waals surface area (Å²) in [6.07, 6.45) is 1.19. The van der Waals surface area contributed by atoms with Crippen LogP contribution in [0.5, 0.6) is 5.88 Å². The predicted molar refractivity (Wildman–Crippen MR) is 91.1 cm³/mol. The second kappa shape index (κ2) is 8.49. The maximum absolute atomic E-state index is 12.4. The Balaban J connectivity index is 1.96. The number of hydrogen-bond donors (Lipinski definition) is 0. The molecule has 0 aliphatic rings. The second-order valence-corrected chi connectivity index (χ2v) is 5.05. The first kappa shape index (κ1) is 17.2. The highest BCUT2D eigenvalue weighted by Crippen LogP contribution is 2.09. The molecule has 5 nitrogen and oxygen atoms in total. The van der Waals surface area contributed by atoms with Gasteiger partial charge in [0.25, 0.3) is 5.91 Å². The molecule has 0 aliphatic carbocycles. The SMILES string of the molecule is COc1cccc(C#CCCN(C)C(=O)c2ccccc2C=O)n1. The van der Waals surface area contributed by atoms with Crippen LogP contribution in [0.3, 0.4) is 0 Å². The van der Waals surface area contributed by atoms with Crippen LogP contribution in [0.2, 0.25) is 0 Å². The Morgan fingerprint density at radius 1 is 1.25 bits per heavy atom. The number of carbonyl (C=O) groups excluding carboxylic acids is 2. The molecule has 1 aromatic heterocycles. The molecule has 0 N–H and O–H groups in total. The molecular weight excluding hydrogens is 304 g/mol. The Morgan fingerprint density at radius 3 is 2.79 bits per heavy atom. The Labute approximate surface area is 141 Å². The molecule has 2 rings (SSSR count). The molecule has 0 saturated heterocycles. The van der Waals surface area contributed by atoms with Crippen molar-refractivity contribution in [2.45, 2.75) is 6.42 Å². The van der Waals surface area contributed by atoms with Gasteiger partial charge in [-0.05, 0) is 18.1 Å². The van der Waals surface area contributed by atoms with E-state index in [1.807, 2.05) is 6.07 Å². The molecule has 0 fully saturated rings. The van der Waals surface area contributed by atoms with Gasteiger partial charge in [0.15, 0.2) is 6.29 Å². The van der Waals surface area contributed by atoms with Crippen LogP contribution in [0.25, 0.3) is 0 Å². The van der Waals surface area contributed by atoms with Crippen molar-refractivity contribution in [2.75, 3.05) is 20.7 Å². The van der Waals surface area contributed by atoms with Gasteiger partial charge in [-0.1, -0.05) is 30.2 Å². The van der Waals surface area contributed by atoms with Crippen molar-refractivity contribution >= 4 is 12.2 Å². The molecule has 122 valence electrons. The van der Waals surface area contributed by atoms with Gasteiger partial charge >= 0.3 is 0 Å². The summed E-state index contributed by atoms with van der Waals surface area (Å²) in [5, 5.41) is 0. The van der Waals surface area contributed by atoms with Crippen LogP contribution in [-0.2, 0) is 0 Å². The summed E-state index contributed by atoms with van der Waals surface area (Å²) in [5.41, 5.74) is 1.41. The van der Waals surface area contributed by atoms with Gasteiger partial charge < -0.3 is 9.64 Å². The second-order valence-electron chi connectivity index (χ2n) is 5.05. The minimum Gasteiger partial charge on any atom is -0.481 e. The summed E-state index contributed by atoms with van der Waals surface area (Å²) < 4.78 is 5.04. The summed E-state index contributed by atoms with van der Waals surface area (Å²) in [4.78, 5) is 29.1. The first-order valence-corrected chi connectivity index (χ1v) is 7.45. The molecule has 0 atom stereocenters. The molecular formula is C19H18N2O3. The van der Waals surface area contributed by atoms with Crippen LogP contribution < -0.4 is 4.74 Å². The highest BCUT2D eigenvalue weighted by molar-refractivity contribution is 6.01. The van der Waals surface area contributed by atoms with E-state index in [4.69, 9.17) is 4.74 Å². The van der Waals surface area contributed by atoms with Gasteiger partial charge in [0, 0.05) is 31.6 Å². The van der Waals surface area contributed by atoms with Gasteiger partial charge in [-0.25, -0.2) is 4.98 Å². The monoisotopic (exact) mass is 322 g/mol. The Morgan fingerprint density at radius 2 is 2.04 bits per heavy atom. The Hall–Kier alpha value is -3.13. The fourth-order valence-corrected chi connectivity index (χ4v) is 2.08. The fraction of sp³-hybridized carbons (Fsp3) is 0.211. The van der Waals surface area contributed by atoms with Crippen molar-refractivity contribution in [3.05, 3.63) is 59.3 Å². The maximum atomic E-state index is 12.4. The lowest BCUT2D eigenvalue weighted by Crippen LogP contribution is -2.28. The molecule has 2 aromatic rings. The largest absolute Gasteiger partial charge is 0.481 e. The van der Waals surface area contributed by atoms with E-state index in [1.165, 1.54) is 0 Å². The van der Waals surface area contributed by atoms with Crippen LogP contribution in [-0.4, -0.2) is 42.8 Å². The lowest BCUT2D eigenvalue weighted by atomic mass is 10.1. The number of aromatic nitrogens is 1. The normalized spacial score (nSPS) is 9.58. The van der Waals surface area contributed by atoms with Crippen molar-refractivity contribution in [3.8, 4) is 17.7 Å². The highest BCUT2D eigenvalue weighted by atomic mass is 16.5. The topological polar surface area (TPSA) is 59.5 Å². The van der Waals surface area contributed by atoms with Crippen LogP contribution in [0.1, 0.15) is 32.8 Å². The number of hydrogen-bond acceptors (Lipinski definition) is 4. The Kier molecular flexibility index (Phi) is 6.09. The summed E-state index contributed by atoms with van der Waals surface area (Å²) in [7, 11) is 3.24. The van der Waals surface area contributed by atoms with E-state index in [1.54, 1.807) is 55.5 Å². The Bertz CT molecular complexity index is 790. The van der Waals surface area contributed by atoms with Crippen LogP contribution >= 0.6 is 0 Å². The van der Waals surface area contributed by atoms with Crippen molar-refractivity contribution in [2.24, 2.45) is 0 Å². The van der Waals surface area contributed by atoms with E-state index in [2.05, 4.69) is 16.8 Å². The average molecular weight is 322 g/mol. The van der Waals surface area contributed by atoms with Gasteiger partial charge in [0.2, 0.25) is 5.88 Å². The van der Waals surface area contributed by atoms with Gasteiger partial charge in [0.05, 0.1) is 12.7 Å². The highest BCUT2D eigenvalue weighted by Gasteiger charge is 2.14. The maximum Gasteiger partial charge on any atom is 0.254 e. The standard InChI is InChI=1S/C19H18N2O3/c1-21(19(23)17-11-4-3-8-15(17)14-22)13-6-5-9-16-10-7-12-18(20-16)24-2/h3-4,7-8,10-12,14H,6,13H2,1-2H3. The number of amides is 1. The number of aldehydes is 1. The fourth-order valence-electron chi connectivity index (χ4n) is 2.08. The number of nitrogens with zero attached hydrogens (tertiary/aromatic N) is 2. The third-order valence-electron chi connectivity index (χ3n) is 3.39. The zero-order valence-corrected chi connectivity index (χ0v) is 13.7. The number of rotatable bonds is 5. The summed E-state index contributed by atoms with van der Waals surface area (Å²) >= 11 is 0. The van der Waals surface area contributed by atoms with E-state index in [0.717, 1.165) is 0 Å².